The summed E-state index contributed by atoms with van der Waals surface area (Å²) in [5, 5.41) is 3.31. The van der Waals surface area contributed by atoms with Gasteiger partial charge in [-0.1, -0.05) is 15.9 Å². The zero-order valence-electron chi connectivity index (χ0n) is 14.2. The first-order valence-corrected chi connectivity index (χ1v) is 8.89. The van der Waals surface area contributed by atoms with E-state index in [-0.39, 0.29) is 5.82 Å². The van der Waals surface area contributed by atoms with E-state index in [2.05, 4.69) is 31.1 Å². The van der Waals surface area contributed by atoms with Gasteiger partial charge in [0, 0.05) is 44.2 Å². The highest BCUT2D eigenvalue weighted by Gasteiger charge is 2.25. The molecule has 1 aromatic carbocycles. The van der Waals surface area contributed by atoms with Crippen molar-refractivity contribution in [3.63, 3.8) is 0 Å². The number of nitrogens with one attached hydrogen (secondary N) is 1. The average molecular weight is 402 g/mol. The van der Waals surface area contributed by atoms with Crippen LogP contribution < -0.4 is 5.32 Å². The summed E-state index contributed by atoms with van der Waals surface area (Å²) >= 11 is 3.45. The molecule has 1 atom stereocenters. The van der Waals surface area contributed by atoms with E-state index in [4.69, 9.17) is 9.47 Å². The highest BCUT2D eigenvalue weighted by Crippen LogP contribution is 2.19. The maximum Gasteiger partial charge on any atom is 0.193 e. The summed E-state index contributed by atoms with van der Waals surface area (Å²) in [6.45, 7) is 4.39. The van der Waals surface area contributed by atoms with Gasteiger partial charge in [0.15, 0.2) is 5.96 Å². The van der Waals surface area contributed by atoms with Gasteiger partial charge in [-0.2, -0.15) is 0 Å². The van der Waals surface area contributed by atoms with E-state index in [9.17, 15) is 4.39 Å². The number of ether oxygens (including phenoxy) is 2. The second kappa shape index (κ2) is 9.96. The molecule has 134 valence electrons. The summed E-state index contributed by atoms with van der Waals surface area (Å²) in [6, 6.07) is 4.69. The minimum Gasteiger partial charge on any atom is -0.382 e. The fourth-order valence-electron chi connectivity index (χ4n) is 2.74. The van der Waals surface area contributed by atoms with E-state index in [0.717, 1.165) is 42.1 Å². The third kappa shape index (κ3) is 5.72. The number of hydrogen-bond acceptors (Lipinski definition) is 3. The van der Waals surface area contributed by atoms with Gasteiger partial charge >= 0.3 is 0 Å². The Hall–Kier alpha value is -1.18. The average Bonchev–Trinajstić information content (AvgIpc) is 3.04. The monoisotopic (exact) mass is 401 g/mol. The number of nitrogens with zero attached hydrogens (tertiary/aromatic N) is 2. The normalized spacial score (nSPS) is 18.2. The first-order valence-electron chi connectivity index (χ1n) is 8.10. The number of benzene rings is 1. The number of guanidine groups is 1. The molecular weight excluding hydrogens is 377 g/mol. The summed E-state index contributed by atoms with van der Waals surface area (Å²) in [4.78, 5) is 6.56. The fraction of sp³-hybridized carbons (Fsp3) is 0.588. The first-order chi connectivity index (χ1) is 11.6. The third-order valence-electron chi connectivity index (χ3n) is 4.03. The molecule has 5 nitrogen and oxygen atoms in total. The van der Waals surface area contributed by atoms with Gasteiger partial charge in [0.25, 0.3) is 0 Å². The Morgan fingerprint density at radius 2 is 2.29 bits per heavy atom. The third-order valence-corrected chi connectivity index (χ3v) is 4.80. The second-order valence-electron chi connectivity index (χ2n) is 5.80. The molecule has 24 heavy (non-hydrogen) atoms. The van der Waals surface area contributed by atoms with Crippen molar-refractivity contribution in [1.82, 2.24) is 10.2 Å². The van der Waals surface area contributed by atoms with Crippen molar-refractivity contribution in [2.24, 2.45) is 10.9 Å². The Kier molecular flexibility index (Phi) is 7.94. The van der Waals surface area contributed by atoms with Gasteiger partial charge in [-0.15, -0.1) is 0 Å². The zero-order valence-corrected chi connectivity index (χ0v) is 15.8. The van der Waals surface area contributed by atoms with E-state index >= 15 is 0 Å². The molecule has 1 fully saturated rings. The van der Waals surface area contributed by atoms with Crippen LogP contribution in [0.1, 0.15) is 12.0 Å². The molecule has 1 aliphatic rings. The zero-order chi connectivity index (χ0) is 17.4. The molecule has 0 aliphatic carbocycles. The summed E-state index contributed by atoms with van der Waals surface area (Å²) in [6.07, 6.45) is 1.08. The molecule has 1 N–H and O–H groups in total. The van der Waals surface area contributed by atoms with Gasteiger partial charge < -0.3 is 19.7 Å². The molecule has 2 rings (SSSR count). The Morgan fingerprint density at radius 1 is 1.46 bits per heavy atom. The van der Waals surface area contributed by atoms with Gasteiger partial charge in [-0.05, 0) is 30.2 Å². The Bertz CT molecular complexity index is 557. The van der Waals surface area contributed by atoms with Crippen LogP contribution in [0.3, 0.4) is 0 Å². The molecular formula is C17H25BrFN3O2. The Labute approximate surface area is 151 Å². The van der Waals surface area contributed by atoms with Crippen molar-refractivity contribution in [3.8, 4) is 0 Å². The van der Waals surface area contributed by atoms with Crippen molar-refractivity contribution >= 4 is 21.9 Å². The molecule has 0 aromatic heterocycles. The van der Waals surface area contributed by atoms with Crippen LogP contribution in [0.2, 0.25) is 0 Å². The fourth-order valence-corrected chi connectivity index (χ4v) is 3.13. The second-order valence-corrected chi connectivity index (χ2v) is 6.66. The number of aliphatic imine (C=N–C) groups is 1. The molecule has 0 spiro atoms. The molecule has 1 unspecified atom stereocenters. The molecule has 0 saturated carbocycles. The lowest BCUT2D eigenvalue weighted by molar-refractivity contribution is 0.0536. The largest absolute Gasteiger partial charge is 0.382 e. The number of rotatable bonds is 7. The van der Waals surface area contributed by atoms with Crippen molar-refractivity contribution in [2.45, 2.75) is 13.0 Å². The smallest absolute Gasteiger partial charge is 0.193 e. The van der Waals surface area contributed by atoms with Crippen LogP contribution in [-0.2, 0) is 16.0 Å². The molecule has 1 saturated heterocycles. The van der Waals surface area contributed by atoms with Gasteiger partial charge in [-0.25, -0.2) is 4.39 Å². The molecule has 1 heterocycles. The van der Waals surface area contributed by atoms with Crippen LogP contribution >= 0.6 is 15.9 Å². The van der Waals surface area contributed by atoms with Crippen molar-refractivity contribution in [3.05, 3.63) is 34.1 Å². The minimum absolute atomic E-state index is 0.237. The molecule has 0 radical (unpaired) electrons. The molecule has 0 bridgehead atoms. The van der Waals surface area contributed by atoms with Crippen LogP contribution in [0.5, 0.6) is 0 Å². The van der Waals surface area contributed by atoms with E-state index < -0.39 is 0 Å². The first kappa shape index (κ1) is 19.1. The van der Waals surface area contributed by atoms with E-state index in [1.165, 1.54) is 12.1 Å². The Morgan fingerprint density at radius 3 is 3.04 bits per heavy atom. The lowest BCUT2D eigenvalue weighted by Gasteiger charge is -2.22. The van der Waals surface area contributed by atoms with Crippen molar-refractivity contribution < 1.29 is 13.9 Å². The van der Waals surface area contributed by atoms with Gasteiger partial charge in [-0.3, -0.25) is 4.99 Å². The predicted molar refractivity (Wildman–Crippen MR) is 96.7 cm³/mol. The summed E-state index contributed by atoms with van der Waals surface area (Å²) in [5.41, 5.74) is 0.870. The van der Waals surface area contributed by atoms with Crippen LogP contribution in [0.4, 0.5) is 4.39 Å². The summed E-state index contributed by atoms with van der Waals surface area (Å²) in [7, 11) is 3.44. The number of halogens is 2. The highest BCUT2D eigenvalue weighted by molar-refractivity contribution is 9.10. The summed E-state index contributed by atoms with van der Waals surface area (Å²) in [5.74, 6) is 1.10. The lowest BCUT2D eigenvalue weighted by Crippen LogP contribution is -2.40. The molecule has 7 heteroatoms. The highest BCUT2D eigenvalue weighted by atomic mass is 79.9. The summed E-state index contributed by atoms with van der Waals surface area (Å²) < 4.78 is 24.9. The topological polar surface area (TPSA) is 46.1 Å². The maximum atomic E-state index is 13.4. The standard InChI is InChI=1S/C17H25BrFN3O2/c1-20-17(21-10-14-9-15(19)3-4-16(14)18)22-6-5-13(11-22)12-24-8-7-23-2/h3-4,9,13H,5-8,10-12H2,1-2H3,(H,20,21). The van der Waals surface area contributed by atoms with E-state index in [1.807, 2.05) is 0 Å². The van der Waals surface area contributed by atoms with Crippen LogP contribution in [0.15, 0.2) is 27.7 Å². The lowest BCUT2D eigenvalue weighted by atomic mass is 10.1. The van der Waals surface area contributed by atoms with Crippen LogP contribution in [-0.4, -0.2) is 57.9 Å². The van der Waals surface area contributed by atoms with Gasteiger partial charge in [0.05, 0.1) is 19.8 Å². The van der Waals surface area contributed by atoms with Crippen LogP contribution in [0.25, 0.3) is 0 Å². The molecule has 1 aromatic rings. The van der Waals surface area contributed by atoms with Gasteiger partial charge in [0.2, 0.25) is 0 Å². The number of methoxy groups -OCH3 is 1. The maximum absolute atomic E-state index is 13.4. The van der Waals surface area contributed by atoms with E-state index in [0.29, 0.717) is 25.7 Å². The SMILES string of the molecule is CN=C(NCc1cc(F)ccc1Br)N1CCC(COCCOC)C1. The quantitative estimate of drug-likeness (QED) is 0.433. The van der Waals surface area contributed by atoms with E-state index in [1.54, 1.807) is 20.2 Å². The van der Waals surface area contributed by atoms with Gasteiger partial charge in [0.1, 0.15) is 5.82 Å². The van der Waals surface area contributed by atoms with Crippen LogP contribution in [0, 0.1) is 11.7 Å². The number of hydrogen-bond donors (Lipinski definition) is 1. The predicted octanol–water partition coefficient (Wildman–Crippen LogP) is 2.65. The number of likely N-dealkylation sites (tertiary alicyclic amines) is 1. The molecule has 0 amide bonds. The van der Waals surface area contributed by atoms with Crippen molar-refractivity contribution in [1.29, 1.82) is 0 Å². The molecule has 1 aliphatic heterocycles. The Balaban J connectivity index is 1.81. The van der Waals surface area contributed by atoms with Crippen molar-refractivity contribution in [2.75, 3.05) is 47.1 Å². The minimum atomic E-state index is -0.237.